The third kappa shape index (κ3) is 1.13. The number of hydrogen-bond acceptors (Lipinski definition) is 1. The molecule has 0 atom stereocenters. The Labute approximate surface area is 83.3 Å². The van der Waals surface area contributed by atoms with Crippen LogP contribution in [-0.4, -0.2) is 9.78 Å². The SMILES string of the molecule is Cn1nc2cc(Br)ccc2c1Cl. The van der Waals surface area contributed by atoms with Crippen molar-refractivity contribution in [3.05, 3.63) is 27.8 Å². The minimum atomic E-state index is 0.678. The second kappa shape index (κ2) is 2.75. The van der Waals surface area contributed by atoms with E-state index in [1.165, 1.54) is 0 Å². The molecule has 2 nitrogen and oxygen atoms in total. The van der Waals surface area contributed by atoms with E-state index in [2.05, 4.69) is 21.0 Å². The number of rotatable bonds is 0. The van der Waals surface area contributed by atoms with Crippen LogP contribution >= 0.6 is 27.5 Å². The molecule has 0 unspecified atom stereocenters. The average molecular weight is 246 g/mol. The first-order valence-corrected chi connectivity index (χ1v) is 4.63. The van der Waals surface area contributed by atoms with E-state index in [9.17, 15) is 0 Å². The zero-order chi connectivity index (χ0) is 8.72. The molecule has 0 spiro atoms. The number of hydrogen-bond donors (Lipinski definition) is 0. The molecule has 0 bridgehead atoms. The molecule has 1 aromatic carbocycles. The summed E-state index contributed by atoms with van der Waals surface area (Å²) in [5.41, 5.74) is 0.914. The van der Waals surface area contributed by atoms with Crippen molar-refractivity contribution in [3.63, 3.8) is 0 Å². The van der Waals surface area contributed by atoms with Gasteiger partial charge in [-0.3, -0.25) is 4.68 Å². The topological polar surface area (TPSA) is 17.8 Å². The van der Waals surface area contributed by atoms with Crippen LogP contribution in [0.3, 0.4) is 0 Å². The van der Waals surface area contributed by atoms with Crippen molar-refractivity contribution in [2.45, 2.75) is 0 Å². The summed E-state index contributed by atoms with van der Waals surface area (Å²) in [5, 5.41) is 5.89. The standard InChI is InChI=1S/C8H6BrClN2/c1-12-8(10)6-3-2-5(9)4-7(6)11-12/h2-4H,1H3. The highest BCUT2D eigenvalue weighted by Crippen LogP contribution is 2.24. The van der Waals surface area contributed by atoms with Gasteiger partial charge >= 0.3 is 0 Å². The smallest absolute Gasteiger partial charge is 0.134 e. The third-order valence-corrected chi connectivity index (χ3v) is 2.67. The summed E-state index contributed by atoms with van der Waals surface area (Å²) in [5.74, 6) is 0. The van der Waals surface area contributed by atoms with Crippen LogP contribution in [-0.2, 0) is 7.05 Å². The molecule has 12 heavy (non-hydrogen) atoms. The molecule has 2 aromatic rings. The van der Waals surface area contributed by atoms with E-state index in [0.29, 0.717) is 5.15 Å². The molecule has 2 rings (SSSR count). The van der Waals surface area contributed by atoms with Crippen molar-refractivity contribution >= 4 is 38.4 Å². The molecule has 62 valence electrons. The molecule has 0 aliphatic heterocycles. The minimum absolute atomic E-state index is 0.678. The Morgan fingerprint density at radius 2 is 2.25 bits per heavy atom. The highest BCUT2D eigenvalue weighted by Gasteiger charge is 2.05. The van der Waals surface area contributed by atoms with Gasteiger partial charge in [0.15, 0.2) is 0 Å². The lowest BCUT2D eigenvalue weighted by molar-refractivity contribution is 0.780. The lowest BCUT2D eigenvalue weighted by atomic mass is 10.3. The maximum absolute atomic E-state index is 5.98. The minimum Gasteiger partial charge on any atom is -0.256 e. The van der Waals surface area contributed by atoms with Crippen molar-refractivity contribution in [1.29, 1.82) is 0 Å². The molecule has 4 heteroatoms. The summed E-state index contributed by atoms with van der Waals surface area (Å²) < 4.78 is 2.68. The monoisotopic (exact) mass is 244 g/mol. The van der Waals surface area contributed by atoms with Crippen molar-refractivity contribution in [2.24, 2.45) is 7.05 Å². The van der Waals surface area contributed by atoms with Gasteiger partial charge in [-0.05, 0) is 18.2 Å². The number of aryl methyl sites for hydroxylation is 1. The second-order valence-electron chi connectivity index (χ2n) is 2.58. The summed E-state index contributed by atoms with van der Waals surface area (Å²) in [6.45, 7) is 0. The Balaban J connectivity index is 2.87. The molecule has 1 heterocycles. The normalized spacial score (nSPS) is 10.9. The molecule has 0 amide bonds. The van der Waals surface area contributed by atoms with E-state index in [1.807, 2.05) is 25.2 Å². The molecule has 0 aliphatic rings. The predicted molar refractivity (Wildman–Crippen MR) is 53.4 cm³/mol. The number of fused-ring (bicyclic) bond motifs is 1. The molecule has 0 N–H and O–H groups in total. The van der Waals surface area contributed by atoms with Gasteiger partial charge in [-0.2, -0.15) is 5.10 Å². The maximum Gasteiger partial charge on any atom is 0.134 e. The van der Waals surface area contributed by atoms with Gasteiger partial charge < -0.3 is 0 Å². The van der Waals surface area contributed by atoms with Crippen molar-refractivity contribution < 1.29 is 0 Å². The van der Waals surface area contributed by atoms with Gasteiger partial charge in [-0.15, -0.1) is 0 Å². The van der Waals surface area contributed by atoms with Gasteiger partial charge in [0.2, 0.25) is 0 Å². The van der Waals surface area contributed by atoms with E-state index >= 15 is 0 Å². The average Bonchev–Trinajstić information content (AvgIpc) is 2.28. The molecule has 0 saturated carbocycles. The largest absolute Gasteiger partial charge is 0.256 e. The van der Waals surface area contributed by atoms with E-state index in [1.54, 1.807) is 4.68 Å². The van der Waals surface area contributed by atoms with Crippen LogP contribution in [0.5, 0.6) is 0 Å². The Hall–Kier alpha value is -0.540. The van der Waals surface area contributed by atoms with Crippen LogP contribution < -0.4 is 0 Å². The van der Waals surface area contributed by atoms with Crippen LogP contribution in [0.1, 0.15) is 0 Å². The number of nitrogens with zero attached hydrogens (tertiary/aromatic N) is 2. The van der Waals surface area contributed by atoms with Crippen LogP contribution in [0.2, 0.25) is 5.15 Å². The Kier molecular flexibility index (Phi) is 1.85. The predicted octanol–water partition coefficient (Wildman–Crippen LogP) is 2.99. The van der Waals surface area contributed by atoms with E-state index in [4.69, 9.17) is 11.6 Å². The molecule has 1 aromatic heterocycles. The summed E-state index contributed by atoms with van der Waals surface area (Å²) >= 11 is 9.35. The molecular formula is C8H6BrClN2. The number of aromatic nitrogens is 2. The van der Waals surface area contributed by atoms with E-state index in [-0.39, 0.29) is 0 Å². The molecular weight excluding hydrogens is 239 g/mol. The Morgan fingerprint density at radius 3 is 3.00 bits per heavy atom. The van der Waals surface area contributed by atoms with Crippen molar-refractivity contribution in [2.75, 3.05) is 0 Å². The van der Waals surface area contributed by atoms with Crippen LogP contribution in [0.25, 0.3) is 10.9 Å². The molecule has 0 radical (unpaired) electrons. The van der Waals surface area contributed by atoms with Crippen molar-refractivity contribution in [1.82, 2.24) is 9.78 Å². The van der Waals surface area contributed by atoms with Gasteiger partial charge in [-0.25, -0.2) is 0 Å². The summed E-state index contributed by atoms with van der Waals surface area (Å²) in [6.07, 6.45) is 0. The molecule has 0 saturated heterocycles. The fraction of sp³-hybridized carbons (Fsp3) is 0.125. The number of benzene rings is 1. The van der Waals surface area contributed by atoms with Crippen LogP contribution in [0.15, 0.2) is 22.7 Å². The van der Waals surface area contributed by atoms with Crippen LogP contribution in [0, 0.1) is 0 Å². The maximum atomic E-state index is 5.98. The van der Waals surface area contributed by atoms with Gasteiger partial charge in [0.25, 0.3) is 0 Å². The summed E-state index contributed by atoms with van der Waals surface area (Å²) in [4.78, 5) is 0. The Morgan fingerprint density at radius 1 is 1.50 bits per heavy atom. The highest BCUT2D eigenvalue weighted by molar-refractivity contribution is 9.10. The second-order valence-corrected chi connectivity index (χ2v) is 3.85. The highest BCUT2D eigenvalue weighted by atomic mass is 79.9. The lowest BCUT2D eigenvalue weighted by Gasteiger charge is -1.89. The fourth-order valence-corrected chi connectivity index (χ4v) is 1.69. The quantitative estimate of drug-likeness (QED) is 0.698. The summed E-state index contributed by atoms with van der Waals surface area (Å²) in [6, 6.07) is 5.85. The first-order valence-electron chi connectivity index (χ1n) is 3.46. The summed E-state index contributed by atoms with van der Waals surface area (Å²) in [7, 11) is 1.83. The zero-order valence-corrected chi connectivity index (χ0v) is 8.72. The third-order valence-electron chi connectivity index (χ3n) is 1.72. The van der Waals surface area contributed by atoms with Gasteiger partial charge in [0.05, 0.1) is 5.52 Å². The van der Waals surface area contributed by atoms with Crippen molar-refractivity contribution in [3.8, 4) is 0 Å². The van der Waals surface area contributed by atoms with Gasteiger partial charge in [-0.1, -0.05) is 27.5 Å². The van der Waals surface area contributed by atoms with Crippen LogP contribution in [0.4, 0.5) is 0 Å². The van der Waals surface area contributed by atoms with Gasteiger partial charge in [0, 0.05) is 16.9 Å². The molecule has 0 fully saturated rings. The Bertz CT molecular complexity index is 436. The zero-order valence-electron chi connectivity index (χ0n) is 6.38. The number of halogens is 2. The first kappa shape index (κ1) is 8.08. The van der Waals surface area contributed by atoms with Gasteiger partial charge in [0.1, 0.15) is 5.15 Å². The lowest BCUT2D eigenvalue weighted by Crippen LogP contribution is -1.87. The fourth-order valence-electron chi connectivity index (χ4n) is 1.14. The molecule has 0 aliphatic carbocycles. The van der Waals surface area contributed by atoms with E-state index < -0.39 is 0 Å². The van der Waals surface area contributed by atoms with E-state index in [0.717, 1.165) is 15.4 Å². The first-order chi connectivity index (χ1) is 5.68.